The number of benzene rings is 2. The predicted octanol–water partition coefficient (Wildman–Crippen LogP) is 5.93. The number of anilines is 2. The van der Waals surface area contributed by atoms with Gasteiger partial charge in [0.2, 0.25) is 0 Å². The van der Waals surface area contributed by atoms with E-state index < -0.39 is 17.3 Å². The van der Waals surface area contributed by atoms with Gasteiger partial charge in [0.05, 0.1) is 23.1 Å². The highest BCUT2D eigenvalue weighted by Gasteiger charge is 2.25. The molecule has 2 aromatic carbocycles. The summed E-state index contributed by atoms with van der Waals surface area (Å²) in [6.45, 7) is 7.53. The standard InChI is InChI=1S/C31H35N5O5/c1-21-24(34-29(38)41-31(2,3)4)16-17-25-26(21)27(37)40-28(33-25)36(19-11-14-22-12-7-6-8-13-22)30(39)35(5)20-23-15-9-10-18-32-23/h6-10,12-13,15-18H,11,14,19-20H2,1-5H3,(H,34,38). The minimum Gasteiger partial charge on any atom is -0.444 e. The lowest BCUT2D eigenvalue weighted by Crippen LogP contribution is -2.42. The van der Waals surface area contributed by atoms with Gasteiger partial charge in [0.15, 0.2) is 0 Å². The van der Waals surface area contributed by atoms with Gasteiger partial charge in [-0.05, 0) is 75.9 Å². The zero-order valence-corrected chi connectivity index (χ0v) is 24.0. The summed E-state index contributed by atoms with van der Waals surface area (Å²) in [5.41, 5.74) is 1.75. The maximum absolute atomic E-state index is 13.7. The lowest BCUT2D eigenvalue weighted by molar-refractivity contribution is 0.0635. The molecule has 1 N–H and O–H groups in total. The zero-order valence-electron chi connectivity index (χ0n) is 24.0. The highest BCUT2D eigenvalue weighted by molar-refractivity contribution is 5.94. The van der Waals surface area contributed by atoms with Crippen LogP contribution in [0, 0.1) is 6.92 Å². The lowest BCUT2D eigenvalue weighted by Gasteiger charge is -2.26. The maximum atomic E-state index is 13.7. The Labute approximate surface area is 239 Å². The van der Waals surface area contributed by atoms with Crippen LogP contribution in [0.15, 0.2) is 76.1 Å². The second-order valence-electron chi connectivity index (χ2n) is 10.7. The monoisotopic (exact) mass is 557 g/mol. The summed E-state index contributed by atoms with van der Waals surface area (Å²) in [4.78, 5) is 51.0. The van der Waals surface area contributed by atoms with Crippen LogP contribution in [0.2, 0.25) is 0 Å². The molecule has 2 heterocycles. The van der Waals surface area contributed by atoms with Gasteiger partial charge in [-0.2, -0.15) is 4.98 Å². The van der Waals surface area contributed by atoms with Crippen molar-refractivity contribution >= 4 is 34.7 Å². The molecule has 0 aliphatic carbocycles. The fourth-order valence-corrected chi connectivity index (χ4v) is 4.34. The number of aromatic nitrogens is 2. The van der Waals surface area contributed by atoms with E-state index >= 15 is 0 Å². The second-order valence-corrected chi connectivity index (χ2v) is 10.7. The van der Waals surface area contributed by atoms with Crippen LogP contribution in [-0.2, 0) is 17.7 Å². The minimum atomic E-state index is -0.676. The van der Waals surface area contributed by atoms with Gasteiger partial charge >= 0.3 is 23.8 Å². The Morgan fingerprint density at radius 3 is 2.44 bits per heavy atom. The Morgan fingerprint density at radius 2 is 1.76 bits per heavy atom. The summed E-state index contributed by atoms with van der Waals surface area (Å²) in [6.07, 6.45) is 2.38. The molecule has 0 aliphatic heterocycles. The molecule has 0 atom stereocenters. The number of nitrogens with one attached hydrogen (secondary N) is 1. The van der Waals surface area contributed by atoms with Gasteiger partial charge in [0, 0.05) is 25.5 Å². The molecule has 0 spiro atoms. The van der Waals surface area contributed by atoms with E-state index in [0.717, 1.165) is 17.7 Å². The number of aryl methyl sites for hydroxylation is 2. The van der Waals surface area contributed by atoms with Crippen LogP contribution in [0.4, 0.5) is 21.3 Å². The average Bonchev–Trinajstić information content (AvgIpc) is 2.92. The number of urea groups is 1. The van der Waals surface area contributed by atoms with Gasteiger partial charge in [-0.3, -0.25) is 10.3 Å². The number of amides is 3. The van der Waals surface area contributed by atoms with Crippen LogP contribution in [0.1, 0.15) is 44.0 Å². The van der Waals surface area contributed by atoms with Gasteiger partial charge in [0.25, 0.3) is 0 Å². The van der Waals surface area contributed by atoms with E-state index in [1.807, 2.05) is 48.5 Å². The number of nitrogens with zero attached hydrogens (tertiary/aromatic N) is 4. The molecule has 3 amide bonds. The third-order valence-corrected chi connectivity index (χ3v) is 6.29. The summed E-state index contributed by atoms with van der Waals surface area (Å²) >= 11 is 0. The van der Waals surface area contributed by atoms with Crippen LogP contribution in [0.3, 0.4) is 0 Å². The number of pyridine rings is 1. The molecule has 0 fully saturated rings. The SMILES string of the molecule is Cc1c(NC(=O)OC(C)(C)C)ccc2nc(N(CCCc3ccccc3)C(=O)N(C)Cc3ccccn3)oc(=O)c12. The van der Waals surface area contributed by atoms with Crippen molar-refractivity contribution in [2.24, 2.45) is 0 Å². The average molecular weight is 558 g/mol. The lowest BCUT2D eigenvalue weighted by atomic mass is 10.1. The fourth-order valence-electron chi connectivity index (χ4n) is 4.34. The molecule has 10 heteroatoms. The topological polar surface area (TPSA) is 118 Å². The predicted molar refractivity (Wildman–Crippen MR) is 158 cm³/mol. The number of ether oxygens (including phenoxy) is 1. The number of fused-ring (bicyclic) bond motifs is 1. The quantitative estimate of drug-likeness (QED) is 0.285. The van der Waals surface area contributed by atoms with Gasteiger partial charge < -0.3 is 14.1 Å². The van der Waals surface area contributed by atoms with Crippen molar-refractivity contribution in [3.63, 3.8) is 0 Å². The normalized spacial score (nSPS) is 11.2. The van der Waals surface area contributed by atoms with E-state index in [-0.39, 0.29) is 30.5 Å². The second kappa shape index (κ2) is 12.6. The third kappa shape index (κ3) is 7.69. The number of rotatable bonds is 8. The smallest absolute Gasteiger partial charge is 0.412 e. The molecule has 0 aliphatic rings. The first-order valence-electron chi connectivity index (χ1n) is 13.4. The van der Waals surface area contributed by atoms with Crippen LogP contribution >= 0.6 is 0 Å². The van der Waals surface area contributed by atoms with Crippen molar-refractivity contribution in [2.45, 2.75) is 52.7 Å². The van der Waals surface area contributed by atoms with Crippen molar-refractivity contribution in [1.82, 2.24) is 14.9 Å². The molecule has 0 saturated heterocycles. The molecule has 0 bridgehead atoms. The van der Waals surface area contributed by atoms with E-state index in [0.29, 0.717) is 23.2 Å². The summed E-state index contributed by atoms with van der Waals surface area (Å²) < 4.78 is 11.0. The first kappa shape index (κ1) is 29.3. The van der Waals surface area contributed by atoms with Crippen LogP contribution in [0.25, 0.3) is 10.9 Å². The first-order chi connectivity index (χ1) is 19.5. The Bertz CT molecular complexity index is 1570. The number of hydrogen-bond acceptors (Lipinski definition) is 7. The third-order valence-electron chi connectivity index (χ3n) is 6.29. The number of hydrogen-bond donors (Lipinski definition) is 1. The maximum Gasteiger partial charge on any atom is 0.412 e. The summed E-state index contributed by atoms with van der Waals surface area (Å²) in [7, 11) is 1.67. The molecule has 2 aromatic heterocycles. The van der Waals surface area contributed by atoms with E-state index in [2.05, 4.69) is 15.3 Å². The van der Waals surface area contributed by atoms with Gasteiger partial charge in [-0.15, -0.1) is 0 Å². The minimum absolute atomic E-state index is 0.0966. The molecule has 41 heavy (non-hydrogen) atoms. The Kier molecular flexibility index (Phi) is 9.01. The van der Waals surface area contributed by atoms with Crippen LogP contribution in [-0.4, -0.2) is 46.2 Å². The highest BCUT2D eigenvalue weighted by atomic mass is 16.6. The number of carbonyl (C=O) groups is 2. The molecule has 10 nitrogen and oxygen atoms in total. The van der Waals surface area contributed by atoms with E-state index in [9.17, 15) is 14.4 Å². The summed E-state index contributed by atoms with van der Waals surface area (Å²) in [6, 6.07) is 18.2. The fraction of sp³-hybridized carbons (Fsp3) is 0.323. The summed E-state index contributed by atoms with van der Waals surface area (Å²) in [5.74, 6) is 0. The molecule has 4 aromatic rings. The number of carbonyl (C=O) groups excluding carboxylic acids is 2. The molecule has 0 unspecified atom stereocenters. The molecular weight excluding hydrogens is 522 g/mol. The zero-order chi connectivity index (χ0) is 29.6. The van der Waals surface area contributed by atoms with Gasteiger partial charge in [-0.25, -0.2) is 19.3 Å². The molecule has 0 saturated carbocycles. The highest BCUT2D eigenvalue weighted by Crippen LogP contribution is 2.25. The van der Waals surface area contributed by atoms with Gasteiger partial charge in [0.1, 0.15) is 5.60 Å². The van der Waals surface area contributed by atoms with Crippen molar-refractivity contribution < 1.29 is 18.7 Å². The van der Waals surface area contributed by atoms with Gasteiger partial charge in [-0.1, -0.05) is 36.4 Å². The first-order valence-corrected chi connectivity index (χ1v) is 13.4. The van der Waals surface area contributed by atoms with Crippen LogP contribution in [0.5, 0.6) is 0 Å². The molecular formula is C31H35N5O5. The van der Waals surface area contributed by atoms with E-state index in [4.69, 9.17) is 9.15 Å². The van der Waals surface area contributed by atoms with E-state index in [1.165, 1.54) is 9.80 Å². The van der Waals surface area contributed by atoms with Crippen molar-refractivity contribution in [3.8, 4) is 0 Å². The van der Waals surface area contributed by atoms with Crippen LogP contribution < -0.4 is 15.8 Å². The van der Waals surface area contributed by atoms with E-state index in [1.54, 1.807) is 53.1 Å². The Balaban J connectivity index is 1.63. The molecule has 4 rings (SSSR count). The molecule has 0 radical (unpaired) electrons. The van der Waals surface area contributed by atoms with Crippen molar-refractivity contribution in [1.29, 1.82) is 0 Å². The summed E-state index contributed by atoms with van der Waals surface area (Å²) in [5, 5.41) is 2.89. The Hall–Kier alpha value is -4.73. The largest absolute Gasteiger partial charge is 0.444 e. The Morgan fingerprint density at radius 1 is 1.02 bits per heavy atom. The van der Waals surface area contributed by atoms with Crippen molar-refractivity contribution in [2.75, 3.05) is 23.8 Å². The van der Waals surface area contributed by atoms with Crippen molar-refractivity contribution in [3.05, 3.63) is 94.1 Å². The molecule has 214 valence electrons.